The number of hydrogen-bond donors (Lipinski definition) is 1. The molecule has 0 atom stereocenters. The molecular formula is C17H15ClN2O5S. The highest BCUT2D eigenvalue weighted by Crippen LogP contribution is 2.40. The first-order valence-electron chi connectivity index (χ1n) is 7.99. The summed E-state index contributed by atoms with van der Waals surface area (Å²) in [5.74, 6) is -1.16. The fourth-order valence-electron chi connectivity index (χ4n) is 2.93. The van der Waals surface area contributed by atoms with Crippen LogP contribution < -0.4 is 5.32 Å². The molecule has 2 aromatic rings. The van der Waals surface area contributed by atoms with Crippen molar-refractivity contribution in [3.8, 4) is 0 Å². The molecule has 1 aromatic carbocycles. The van der Waals surface area contributed by atoms with E-state index in [-0.39, 0.29) is 17.2 Å². The molecule has 0 saturated heterocycles. The van der Waals surface area contributed by atoms with E-state index in [1.165, 1.54) is 23.5 Å². The van der Waals surface area contributed by atoms with Gasteiger partial charge in [-0.25, -0.2) is 4.79 Å². The molecule has 0 aliphatic heterocycles. The van der Waals surface area contributed by atoms with E-state index >= 15 is 0 Å². The summed E-state index contributed by atoms with van der Waals surface area (Å²) in [6.45, 7) is 1.93. The van der Waals surface area contributed by atoms with Crippen LogP contribution in [0.5, 0.6) is 0 Å². The lowest BCUT2D eigenvalue weighted by Gasteiger charge is -2.08. The predicted molar refractivity (Wildman–Crippen MR) is 98.4 cm³/mol. The van der Waals surface area contributed by atoms with Crippen LogP contribution in [0.25, 0.3) is 0 Å². The molecule has 9 heteroatoms. The first-order chi connectivity index (χ1) is 12.4. The van der Waals surface area contributed by atoms with Crippen molar-refractivity contribution < 1.29 is 19.2 Å². The van der Waals surface area contributed by atoms with Crippen molar-refractivity contribution in [2.75, 3.05) is 11.9 Å². The molecule has 0 radical (unpaired) electrons. The number of nitrogens with zero attached hydrogens (tertiary/aromatic N) is 1. The zero-order valence-corrected chi connectivity index (χ0v) is 15.4. The number of halogens is 1. The molecule has 1 aromatic heterocycles. The Balaban J connectivity index is 1.96. The van der Waals surface area contributed by atoms with Gasteiger partial charge in [-0.2, -0.15) is 0 Å². The maximum Gasteiger partial charge on any atom is 0.341 e. The van der Waals surface area contributed by atoms with Gasteiger partial charge in [0.25, 0.3) is 11.6 Å². The number of fused-ring (bicyclic) bond motifs is 1. The summed E-state index contributed by atoms with van der Waals surface area (Å²) in [6, 6.07) is 3.82. The number of esters is 1. The monoisotopic (exact) mass is 394 g/mol. The van der Waals surface area contributed by atoms with Gasteiger partial charge in [0, 0.05) is 16.0 Å². The number of carbonyl (C=O) groups excluding carboxylic acids is 2. The van der Waals surface area contributed by atoms with Gasteiger partial charge in [0.15, 0.2) is 0 Å². The Bertz CT molecular complexity index is 909. The highest BCUT2D eigenvalue weighted by atomic mass is 35.5. The van der Waals surface area contributed by atoms with Crippen LogP contribution in [0.4, 0.5) is 10.7 Å². The molecule has 0 unspecified atom stereocenters. The standard InChI is InChI=1S/C17H15ClN2O5S/c1-2-25-17(22)14-11-4-3-5-13(11)26-16(14)19-15(21)10-7-6-9(18)8-12(10)20(23)24/h6-8H,2-5H2,1H3,(H,19,21). The second-order valence-electron chi connectivity index (χ2n) is 5.65. The fraction of sp³-hybridized carbons (Fsp3) is 0.294. The third-order valence-electron chi connectivity index (χ3n) is 4.03. The van der Waals surface area contributed by atoms with Gasteiger partial charge >= 0.3 is 5.97 Å². The molecule has 3 rings (SSSR count). The van der Waals surface area contributed by atoms with Gasteiger partial charge in [0.2, 0.25) is 0 Å². The van der Waals surface area contributed by atoms with E-state index in [0.717, 1.165) is 35.8 Å². The number of nitro benzene ring substituents is 1. The van der Waals surface area contributed by atoms with Crippen LogP contribution in [0.3, 0.4) is 0 Å². The van der Waals surface area contributed by atoms with Crippen LogP contribution in [0.1, 0.15) is 44.5 Å². The Hall–Kier alpha value is -2.45. The Morgan fingerprint density at radius 1 is 1.38 bits per heavy atom. The number of rotatable bonds is 5. The molecule has 7 nitrogen and oxygen atoms in total. The number of carbonyl (C=O) groups is 2. The molecule has 26 heavy (non-hydrogen) atoms. The van der Waals surface area contributed by atoms with E-state index in [0.29, 0.717) is 10.6 Å². The van der Waals surface area contributed by atoms with Gasteiger partial charge in [0.05, 0.1) is 17.1 Å². The number of amides is 1. The number of hydrogen-bond acceptors (Lipinski definition) is 6. The molecular weight excluding hydrogens is 380 g/mol. The van der Waals surface area contributed by atoms with E-state index in [2.05, 4.69) is 5.32 Å². The molecule has 136 valence electrons. The minimum absolute atomic E-state index is 0.122. The summed E-state index contributed by atoms with van der Waals surface area (Å²) in [5, 5.41) is 14.4. The number of nitro groups is 1. The average molecular weight is 395 g/mol. The lowest BCUT2D eigenvalue weighted by Crippen LogP contribution is -2.16. The Morgan fingerprint density at radius 3 is 2.85 bits per heavy atom. The van der Waals surface area contributed by atoms with Crippen LogP contribution in [0, 0.1) is 10.1 Å². The Morgan fingerprint density at radius 2 is 2.15 bits per heavy atom. The molecule has 0 fully saturated rings. The quantitative estimate of drug-likeness (QED) is 0.465. The lowest BCUT2D eigenvalue weighted by molar-refractivity contribution is -0.385. The minimum atomic E-state index is -0.668. The predicted octanol–water partition coefficient (Wildman–Crippen LogP) is 4.23. The number of nitrogens with one attached hydrogen (secondary N) is 1. The number of aryl methyl sites for hydroxylation is 1. The van der Waals surface area contributed by atoms with Crippen molar-refractivity contribution in [3.05, 3.63) is 54.9 Å². The summed E-state index contributed by atoms with van der Waals surface area (Å²) in [4.78, 5) is 36.5. The number of ether oxygens (including phenoxy) is 1. The van der Waals surface area contributed by atoms with E-state index < -0.39 is 22.5 Å². The van der Waals surface area contributed by atoms with Crippen molar-refractivity contribution in [1.82, 2.24) is 0 Å². The maximum absolute atomic E-state index is 12.6. The molecule has 0 spiro atoms. The van der Waals surface area contributed by atoms with Crippen LogP contribution >= 0.6 is 22.9 Å². The fourth-order valence-corrected chi connectivity index (χ4v) is 4.37. The molecule has 0 saturated carbocycles. The van der Waals surface area contributed by atoms with Gasteiger partial charge in [-0.15, -0.1) is 11.3 Å². The van der Waals surface area contributed by atoms with Gasteiger partial charge in [-0.05, 0) is 43.9 Å². The minimum Gasteiger partial charge on any atom is -0.462 e. The molecule has 1 aliphatic carbocycles. The van der Waals surface area contributed by atoms with E-state index in [9.17, 15) is 19.7 Å². The molecule has 1 heterocycles. The van der Waals surface area contributed by atoms with E-state index in [4.69, 9.17) is 16.3 Å². The summed E-state index contributed by atoms with van der Waals surface area (Å²) in [7, 11) is 0. The summed E-state index contributed by atoms with van der Waals surface area (Å²) in [6.07, 6.45) is 2.53. The SMILES string of the molecule is CCOC(=O)c1c(NC(=O)c2ccc(Cl)cc2[N+](=O)[O-])sc2c1CCC2. The van der Waals surface area contributed by atoms with Crippen LogP contribution in [0.2, 0.25) is 5.02 Å². The van der Waals surface area contributed by atoms with Crippen LogP contribution in [0.15, 0.2) is 18.2 Å². The molecule has 1 amide bonds. The van der Waals surface area contributed by atoms with Crippen LogP contribution in [-0.4, -0.2) is 23.4 Å². The first kappa shape index (κ1) is 18.3. The summed E-state index contributed by atoms with van der Waals surface area (Å²) >= 11 is 7.10. The van der Waals surface area contributed by atoms with Crippen LogP contribution in [-0.2, 0) is 17.6 Å². The van der Waals surface area contributed by atoms with Crippen molar-refractivity contribution in [1.29, 1.82) is 0 Å². The normalized spacial score (nSPS) is 12.5. The third kappa shape index (κ3) is 3.42. The van der Waals surface area contributed by atoms with Gasteiger partial charge in [0.1, 0.15) is 10.6 Å². The molecule has 1 aliphatic rings. The first-order valence-corrected chi connectivity index (χ1v) is 9.18. The average Bonchev–Trinajstić information content (AvgIpc) is 3.15. The topological polar surface area (TPSA) is 98.5 Å². The maximum atomic E-state index is 12.6. The Kier molecular flexibility index (Phi) is 5.24. The number of benzene rings is 1. The van der Waals surface area contributed by atoms with Crippen molar-refractivity contribution in [3.63, 3.8) is 0 Å². The highest BCUT2D eigenvalue weighted by Gasteiger charge is 2.29. The van der Waals surface area contributed by atoms with E-state index in [1.807, 2.05) is 0 Å². The second-order valence-corrected chi connectivity index (χ2v) is 7.20. The zero-order valence-electron chi connectivity index (χ0n) is 13.8. The number of anilines is 1. The number of thiophene rings is 1. The van der Waals surface area contributed by atoms with Gasteiger partial charge in [-0.3, -0.25) is 14.9 Å². The lowest BCUT2D eigenvalue weighted by atomic mass is 10.1. The molecule has 0 bridgehead atoms. The van der Waals surface area contributed by atoms with E-state index in [1.54, 1.807) is 6.92 Å². The summed E-state index contributed by atoms with van der Waals surface area (Å²) < 4.78 is 5.11. The second kappa shape index (κ2) is 7.43. The largest absolute Gasteiger partial charge is 0.462 e. The highest BCUT2D eigenvalue weighted by molar-refractivity contribution is 7.17. The summed E-state index contributed by atoms with van der Waals surface area (Å²) in [5.41, 5.74) is 0.739. The van der Waals surface area contributed by atoms with Crippen molar-refractivity contribution in [2.24, 2.45) is 0 Å². The van der Waals surface area contributed by atoms with Gasteiger partial charge in [-0.1, -0.05) is 11.6 Å². The molecule has 1 N–H and O–H groups in total. The third-order valence-corrected chi connectivity index (χ3v) is 5.47. The smallest absolute Gasteiger partial charge is 0.341 e. The Labute approximate surface area is 158 Å². The van der Waals surface area contributed by atoms with Gasteiger partial charge < -0.3 is 10.1 Å². The zero-order chi connectivity index (χ0) is 18.8. The van der Waals surface area contributed by atoms with Crippen molar-refractivity contribution in [2.45, 2.75) is 26.2 Å². The van der Waals surface area contributed by atoms with Crippen molar-refractivity contribution >= 4 is 45.5 Å².